The van der Waals surface area contributed by atoms with Gasteiger partial charge in [0.25, 0.3) is 0 Å². The summed E-state index contributed by atoms with van der Waals surface area (Å²) in [6.45, 7) is 6.50. The number of halogens is 1. The maximum absolute atomic E-state index is 15.9. The number of pyridine rings is 1. The number of nitrogens with zero attached hydrogens (tertiary/aromatic N) is 5. The maximum Gasteiger partial charge on any atom is 0.410 e. The van der Waals surface area contributed by atoms with Crippen LogP contribution < -0.4 is 10.6 Å². The molecular weight excluding hydrogens is 523 g/mol. The molecular formula is C30H37FN8O2. The predicted molar refractivity (Wildman–Crippen MR) is 155 cm³/mol. The molecule has 0 aliphatic heterocycles. The number of anilines is 1. The summed E-state index contributed by atoms with van der Waals surface area (Å²) in [6.07, 6.45) is 13.0. The van der Waals surface area contributed by atoms with Crippen LogP contribution in [0.15, 0.2) is 12.3 Å². The molecule has 2 aliphatic rings. The Morgan fingerprint density at radius 2 is 1.93 bits per heavy atom. The van der Waals surface area contributed by atoms with E-state index >= 15 is 4.39 Å². The number of fused-ring (bicyclic) bond motifs is 1. The first-order chi connectivity index (χ1) is 19.7. The van der Waals surface area contributed by atoms with Gasteiger partial charge < -0.3 is 15.0 Å². The second-order valence-corrected chi connectivity index (χ2v) is 11.6. The molecule has 2 fully saturated rings. The summed E-state index contributed by atoms with van der Waals surface area (Å²) in [7, 11) is 0. The van der Waals surface area contributed by atoms with Crippen molar-refractivity contribution in [3.05, 3.63) is 29.5 Å². The fraction of sp³-hybridized carbons (Fsp3) is 0.533. The van der Waals surface area contributed by atoms with Crippen molar-refractivity contribution < 1.29 is 14.3 Å². The number of imidazole rings is 1. The minimum Gasteiger partial charge on any atom is -0.465 e. The fourth-order valence-corrected chi connectivity index (χ4v) is 5.87. The number of aromatic nitrogens is 5. The number of hydrogen-bond acceptors (Lipinski definition) is 7. The van der Waals surface area contributed by atoms with E-state index in [2.05, 4.69) is 33.1 Å². The topological polar surface area (TPSA) is 142 Å². The zero-order chi connectivity index (χ0) is 29.3. The Labute approximate surface area is 239 Å². The van der Waals surface area contributed by atoms with Crippen LogP contribution in [0.5, 0.6) is 0 Å². The van der Waals surface area contributed by atoms with Crippen LogP contribution in [0.1, 0.15) is 83.0 Å². The predicted octanol–water partition coefficient (Wildman–Crippen LogP) is 5.78. The van der Waals surface area contributed by atoms with Gasteiger partial charge in [-0.05, 0) is 74.8 Å². The van der Waals surface area contributed by atoms with Crippen molar-refractivity contribution in [2.45, 2.75) is 84.2 Å². The zero-order valence-electron chi connectivity index (χ0n) is 23.7. The van der Waals surface area contributed by atoms with Gasteiger partial charge in [0.1, 0.15) is 11.2 Å². The van der Waals surface area contributed by atoms with E-state index in [1.165, 1.54) is 6.42 Å². The number of terminal acetylenes is 1. The van der Waals surface area contributed by atoms with Crippen LogP contribution in [0.2, 0.25) is 0 Å². The highest BCUT2D eigenvalue weighted by Crippen LogP contribution is 2.37. The normalized spacial score (nSPS) is 19.9. The third kappa shape index (κ3) is 5.87. The lowest BCUT2D eigenvalue weighted by molar-refractivity contribution is 0.200. The monoisotopic (exact) mass is 560 g/mol. The summed E-state index contributed by atoms with van der Waals surface area (Å²) in [4.78, 5) is 29.6. The average molecular weight is 561 g/mol. The van der Waals surface area contributed by atoms with Gasteiger partial charge in [0.05, 0.1) is 0 Å². The molecule has 0 bridgehead atoms. The lowest BCUT2D eigenvalue weighted by atomic mass is 9.80. The van der Waals surface area contributed by atoms with Crippen molar-refractivity contribution in [3.8, 4) is 23.9 Å². The molecule has 3 heterocycles. The van der Waals surface area contributed by atoms with E-state index in [1.807, 2.05) is 23.7 Å². The third-order valence-electron chi connectivity index (χ3n) is 8.56. The zero-order valence-corrected chi connectivity index (χ0v) is 23.7. The number of hydrogen-bond donors (Lipinski definition) is 4. The molecule has 10 nitrogen and oxygen atoms in total. The summed E-state index contributed by atoms with van der Waals surface area (Å²) < 4.78 is 17.9. The Morgan fingerprint density at radius 3 is 2.54 bits per heavy atom. The molecule has 0 saturated heterocycles. The minimum absolute atomic E-state index is 0.0527. The Morgan fingerprint density at radius 1 is 1.20 bits per heavy atom. The molecule has 1 atom stereocenters. The second kappa shape index (κ2) is 11.8. The summed E-state index contributed by atoms with van der Waals surface area (Å²) in [5, 5.41) is 23.0. The lowest BCUT2D eigenvalue weighted by Crippen LogP contribution is -2.33. The molecule has 216 valence electrons. The van der Waals surface area contributed by atoms with Crippen LogP contribution in [-0.4, -0.2) is 47.6 Å². The minimum atomic E-state index is -1.39. The van der Waals surface area contributed by atoms with Gasteiger partial charge in [0, 0.05) is 24.7 Å². The molecule has 5 rings (SSSR count). The Kier molecular flexibility index (Phi) is 8.20. The van der Waals surface area contributed by atoms with E-state index in [0.29, 0.717) is 35.2 Å². The molecule has 3 aromatic heterocycles. The number of amides is 1. The molecule has 0 unspecified atom stereocenters. The number of nitrogens with one attached hydrogen (secondary N) is 3. The van der Waals surface area contributed by atoms with Crippen molar-refractivity contribution in [2.75, 3.05) is 5.32 Å². The highest BCUT2D eigenvalue weighted by atomic mass is 19.1. The smallest absolute Gasteiger partial charge is 0.410 e. The summed E-state index contributed by atoms with van der Waals surface area (Å²) >= 11 is 0. The van der Waals surface area contributed by atoms with Crippen molar-refractivity contribution >= 4 is 28.9 Å². The van der Waals surface area contributed by atoms with Crippen LogP contribution in [0.4, 0.5) is 15.0 Å². The quantitative estimate of drug-likeness (QED) is 0.155. The molecule has 0 radical (unpaired) electrons. The molecule has 11 heteroatoms. The lowest BCUT2D eigenvalue weighted by Gasteiger charge is -2.32. The second-order valence-electron chi connectivity index (χ2n) is 11.6. The van der Waals surface area contributed by atoms with Gasteiger partial charge in [-0.25, -0.2) is 29.1 Å². The van der Waals surface area contributed by atoms with Gasteiger partial charge in [0.2, 0.25) is 0 Å². The van der Waals surface area contributed by atoms with Crippen molar-refractivity contribution in [2.24, 2.45) is 17.8 Å². The molecule has 1 amide bonds. The van der Waals surface area contributed by atoms with Gasteiger partial charge >= 0.3 is 6.09 Å². The Hall–Kier alpha value is -4.07. The molecule has 41 heavy (non-hydrogen) atoms. The maximum atomic E-state index is 15.9. The van der Waals surface area contributed by atoms with Gasteiger partial charge in [-0.2, -0.15) is 0 Å². The number of rotatable bonds is 8. The first kappa shape index (κ1) is 28.5. The highest BCUT2D eigenvalue weighted by molar-refractivity contribution is 6.03. The first-order valence-electron chi connectivity index (χ1n) is 14.4. The van der Waals surface area contributed by atoms with E-state index in [1.54, 1.807) is 12.3 Å². The molecule has 4 N–H and O–H groups in total. The van der Waals surface area contributed by atoms with E-state index < -0.39 is 17.7 Å². The summed E-state index contributed by atoms with van der Waals surface area (Å²) in [6, 6.07) is 1.76. The number of amidine groups is 1. The molecule has 2 saturated carbocycles. The average Bonchev–Trinajstić information content (AvgIpc) is 3.25. The van der Waals surface area contributed by atoms with E-state index in [-0.39, 0.29) is 41.0 Å². The van der Waals surface area contributed by atoms with Gasteiger partial charge in [-0.15, -0.1) is 12.3 Å². The Balaban J connectivity index is 1.68. The van der Waals surface area contributed by atoms with Gasteiger partial charge in [-0.1, -0.05) is 20.3 Å². The van der Waals surface area contributed by atoms with Crippen LogP contribution in [0.25, 0.3) is 22.7 Å². The van der Waals surface area contributed by atoms with E-state index in [4.69, 9.17) is 16.8 Å². The van der Waals surface area contributed by atoms with Crippen molar-refractivity contribution in [1.82, 2.24) is 29.8 Å². The van der Waals surface area contributed by atoms with Gasteiger partial charge in [0.15, 0.2) is 34.8 Å². The molecule has 2 aliphatic carbocycles. The molecule has 0 spiro atoms. The molecule has 0 aromatic carbocycles. The number of carboxylic acid groups (broad SMARTS) is 1. The SMILES string of the molecule is C#CC1CCC(Cn2c(-c3nccc(C(C)C)c3F)nc3nc(C(=N)NC(=O)O)nc(N[C@H](C)C4CCC4)c32)CC1. The summed E-state index contributed by atoms with van der Waals surface area (Å²) in [5.41, 5.74) is 1.51. The third-order valence-corrected chi connectivity index (χ3v) is 8.56. The van der Waals surface area contributed by atoms with Crippen LogP contribution >= 0.6 is 0 Å². The number of carbonyl (C=O) groups is 1. The first-order valence-corrected chi connectivity index (χ1v) is 14.4. The van der Waals surface area contributed by atoms with Crippen LogP contribution in [-0.2, 0) is 6.54 Å². The standard InChI is InChI=1S/C30H37FN8O2/c1-5-18-9-11-19(12-10-18)15-39-24-26(34-17(4)20-7-6-8-20)36-28(25(32)35-30(40)41)37-27(24)38-29(39)23-22(31)21(16(2)3)13-14-33-23/h1,13-14,16-20H,6-12,15H2,2-4H3,(H2,32,35)(H,40,41)(H,34,36,37)/t17-,18?,19?/m1/s1. The largest absolute Gasteiger partial charge is 0.465 e. The summed E-state index contributed by atoms with van der Waals surface area (Å²) in [5.74, 6) is 3.63. The van der Waals surface area contributed by atoms with Crippen LogP contribution in [0, 0.1) is 41.3 Å². The highest BCUT2D eigenvalue weighted by Gasteiger charge is 2.30. The van der Waals surface area contributed by atoms with Crippen molar-refractivity contribution in [1.29, 1.82) is 5.41 Å². The van der Waals surface area contributed by atoms with E-state index in [0.717, 1.165) is 38.5 Å². The molecule has 3 aromatic rings. The Bertz CT molecular complexity index is 1500. The van der Waals surface area contributed by atoms with Crippen LogP contribution in [0.3, 0.4) is 0 Å². The van der Waals surface area contributed by atoms with Gasteiger partial charge in [-0.3, -0.25) is 10.7 Å². The fourth-order valence-electron chi connectivity index (χ4n) is 5.87. The van der Waals surface area contributed by atoms with E-state index in [9.17, 15) is 9.90 Å². The van der Waals surface area contributed by atoms with Crippen molar-refractivity contribution in [3.63, 3.8) is 0 Å².